The molecule has 0 saturated carbocycles. The zero-order chi connectivity index (χ0) is 9.99. The minimum atomic E-state index is -5.09. The summed E-state index contributed by atoms with van der Waals surface area (Å²) in [5, 5.41) is 0. The van der Waals surface area contributed by atoms with Gasteiger partial charge in [-0.2, -0.15) is 13.2 Å². The van der Waals surface area contributed by atoms with Crippen molar-refractivity contribution in [1.29, 1.82) is 0 Å². The van der Waals surface area contributed by atoms with E-state index in [0.717, 1.165) is 0 Å². The number of halogens is 7. The maximum absolute atomic E-state index is 11.9. The van der Waals surface area contributed by atoms with Crippen LogP contribution in [0.2, 0.25) is 0 Å². The van der Waals surface area contributed by atoms with Gasteiger partial charge in [-0.25, -0.2) is 4.39 Å². The van der Waals surface area contributed by atoms with Crippen molar-refractivity contribution in [3.05, 3.63) is 0 Å². The van der Waals surface area contributed by atoms with Crippen LogP contribution in [-0.2, 0) is 4.74 Å². The Morgan fingerprint density at radius 1 is 1.17 bits per heavy atom. The van der Waals surface area contributed by atoms with Crippen LogP contribution in [-0.4, -0.2) is 22.9 Å². The lowest BCUT2D eigenvalue weighted by Gasteiger charge is -2.16. The number of ether oxygens (including phenoxy) is 1. The third kappa shape index (κ3) is 6.11. The smallest absolute Gasteiger partial charge is 0.337 e. The molecular weight excluding hydrogens is 246 g/mol. The fourth-order valence-corrected chi connectivity index (χ4v) is 0.451. The van der Waals surface area contributed by atoms with E-state index in [1.165, 1.54) is 0 Å². The van der Waals surface area contributed by atoms with Crippen LogP contribution in [0.5, 0.6) is 0 Å². The lowest BCUT2D eigenvalue weighted by atomic mass is 10.6. The maximum Gasteiger partial charge on any atom is 0.445 e. The van der Waals surface area contributed by atoms with Crippen molar-refractivity contribution in [1.82, 2.24) is 0 Å². The van der Waals surface area contributed by atoms with Crippen LogP contribution in [0.1, 0.15) is 0 Å². The molecule has 0 aromatic rings. The van der Waals surface area contributed by atoms with Crippen LogP contribution in [0.3, 0.4) is 0 Å². The van der Waals surface area contributed by atoms with Crippen LogP contribution in [0.4, 0.5) is 17.6 Å². The summed E-state index contributed by atoms with van der Waals surface area (Å²) in [5.41, 5.74) is 0. The van der Waals surface area contributed by atoms with E-state index in [1.54, 1.807) is 0 Å². The quantitative estimate of drug-likeness (QED) is 0.539. The minimum Gasteiger partial charge on any atom is -0.337 e. The predicted molar refractivity (Wildman–Crippen MR) is 37.2 cm³/mol. The van der Waals surface area contributed by atoms with Gasteiger partial charge >= 0.3 is 6.18 Å². The van der Waals surface area contributed by atoms with Gasteiger partial charge in [0.25, 0.3) is 6.36 Å². The van der Waals surface area contributed by atoms with Crippen molar-refractivity contribution < 1.29 is 22.3 Å². The topological polar surface area (TPSA) is 9.23 Å². The Bertz CT molecular complexity index is 142. The fraction of sp³-hybridized carbons (Fsp3) is 1.00. The van der Waals surface area contributed by atoms with E-state index in [-0.39, 0.29) is 0 Å². The first-order valence-corrected chi connectivity index (χ1v) is 3.65. The predicted octanol–water partition coefficient (Wildman–Crippen LogP) is 3.23. The van der Waals surface area contributed by atoms with Gasteiger partial charge in [0.1, 0.15) is 0 Å². The second-order valence-electron chi connectivity index (χ2n) is 1.78. The second-order valence-corrected chi connectivity index (χ2v) is 4.30. The Kier molecular flexibility index (Phi) is 4.37. The largest absolute Gasteiger partial charge is 0.445 e. The number of rotatable bonds is 2. The molecule has 0 aliphatic rings. The average Bonchev–Trinajstić information content (AvgIpc) is 1.78. The Morgan fingerprint density at radius 3 is 1.83 bits per heavy atom. The first kappa shape index (κ1) is 12.6. The molecule has 0 aromatic heterocycles. The molecule has 0 rings (SSSR count). The molecule has 0 aliphatic heterocycles. The highest BCUT2D eigenvalue weighted by Gasteiger charge is 2.42. The molecule has 0 spiro atoms. The highest BCUT2D eigenvalue weighted by molar-refractivity contribution is 6.67. The molecule has 0 saturated heterocycles. The van der Waals surface area contributed by atoms with Gasteiger partial charge in [0, 0.05) is 0 Å². The molecule has 8 heteroatoms. The van der Waals surface area contributed by atoms with Gasteiger partial charge in [0.2, 0.25) is 3.79 Å². The molecule has 1 atom stereocenters. The second kappa shape index (κ2) is 4.17. The Balaban J connectivity index is 3.80. The van der Waals surface area contributed by atoms with Crippen LogP contribution in [0.15, 0.2) is 0 Å². The molecular formula is C4H3Cl3F4O. The monoisotopic (exact) mass is 248 g/mol. The standard InChI is InChI=1S/C4H3Cl3F4O/c5-3(6,7)1-12-2(8)4(9,10)11/h2H,1H2. The summed E-state index contributed by atoms with van der Waals surface area (Å²) in [7, 11) is 0. The summed E-state index contributed by atoms with van der Waals surface area (Å²) >= 11 is 15.0. The van der Waals surface area contributed by atoms with Crippen molar-refractivity contribution in [3.8, 4) is 0 Å². The minimum absolute atomic E-state index is 0.960. The number of alkyl halides is 7. The van der Waals surface area contributed by atoms with E-state index in [4.69, 9.17) is 34.8 Å². The summed E-state index contributed by atoms with van der Waals surface area (Å²) in [6.07, 6.45) is -8.51. The molecule has 0 N–H and O–H groups in total. The Morgan fingerprint density at radius 2 is 1.58 bits per heavy atom. The normalized spacial score (nSPS) is 16.2. The molecule has 0 aromatic carbocycles. The fourth-order valence-electron chi connectivity index (χ4n) is 0.262. The van der Waals surface area contributed by atoms with Crippen LogP contribution >= 0.6 is 34.8 Å². The first-order valence-electron chi connectivity index (χ1n) is 2.52. The van der Waals surface area contributed by atoms with Gasteiger partial charge in [-0.3, -0.25) is 0 Å². The van der Waals surface area contributed by atoms with E-state index < -0.39 is 22.9 Å². The Hall–Kier alpha value is 0.550. The van der Waals surface area contributed by atoms with Gasteiger partial charge in [-0.05, 0) is 0 Å². The molecule has 0 aliphatic carbocycles. The summed E-state index contributed by atoms with van der Waals surface area (Å²) in [5.74, 6) is 0. The van der Waals surface area contributed by atoms with Crippen LogP contribution in [0.25, 0.3) is 0 Å². The van der Waals surface area contributed by atoms with E-state index in [0.29, 0.717) is 0 Å². The zero-order valence-corrected chi connectivity index (χ0v) is 7.61. The molecule has 1 unspecified atom stereocenters. The molecule has 0 amide bonds. The van der Waals surface area contributed by atoms with Crippen molar-refractivity contribution >= 4 is 34.8 Å². The van der Waals surface area contributed by atoms with Crippen LogP contribution < -0.4 is 0 Å². The first-order chi connectivity index (χ1) is 5.13. The van der Waals surface area contributed by atoms with Gasteiger partial charge in [0.15, 0.2) is 0 Å². The highest BCUT2D eigenvalue weighted by atomic mass is 35.6. The van der Waals surface area contributed by atoms with E-state index in [2.05, 4.69) is 4.74 Å². The number of hydrogen-bond acceptors (Lipinski definition) is 1. The van der Waals surface area contributed by atoms with Gasteiger partial charge in [-0.15, -0.1) is 0 Å². The highest BCUT2D eigenvalue weighted by Crippen LogP contribution is 2.30. The van der Waals surface area contributed by atoms with E-state index >= 15 is 0 Å². The molecule has 74 valence electrons. The van der Waals surface area contributed by atoms with Crippen molar-refractivity contribution in [2.75, 3.05) is 6.61 Å². The third-order valence-corrected chi connectivity index (χ3v) is 0.978. The molecule has 0 heterocycles. The molecule has 1 nitrogen and oxygen atoms in total. The van der Waals surface area contributed by atoms with E-state index in [9.17, 15) is 17.6 Å². The lowest BCUT2D eigenvalue weighted by molar-refractivity contribution is -0.264. The van der Waals surface area contributed by atoms with Gasteiger partial charge in [-0.1, -0.05) is 34.8 Å². The van der Waals surface area contributed by atoms with Gasteiger partial charge < -0.3 is 4.74 Å². The summed E-state index contributed by atoms with van der Waals surface area (Å²) in [4.78, 5) is 0. The molecule has 0 radical (unpaired) electrons. The summed E-state index contributed by atoms with van der Waals surface area (Å²) in [6.45, 7) is -0.960. The number of hydrogen-bond donors (Lipinski definition) is 0. The summed E-state index contributed by atoms with van der Waals surface area (Å²) < 4.78 is 47.6. The SMILES string of the molecule is FC(OCC(Cl)(Cl)Cl)C(F)(F)F. The van der Waals surface area contributed by atoms with E-state index in [1.807, 2.05) is 0 Å². The zero-order valence-electron chi connectivity index (χ0n) is 5.34. The third-order valence-electron chi connectivity index (χ3n) is 0.651. The Labute approximate surface area is 80.5 Å². The summed E-state index contributed by atoms with van der Waals surface area (Å²) in [6, 6.07) is 0. The molecule has 0 bridgehead atoms. The van der Waals surface area contributed by atoms with Crippen molar-refractivity contribution in [3.63, 3.8) is 0 Å². The average molecular weight is 249 g/mol. The molecule has 12 heavy (non-hydrogen) atoms. The lowest BCUT2D eigenvalue weighted by Crippen LogP contribution is -2.30. The van der Waals surface area contributed by atoms with Crippen LogP contribution in [0, 0.1) is 0 Å². The maximum atomic E-state index is 11.9. The molecule has 0 fully saturated rings. The van der Waals surface area contributed by atoms with Crippen molar-refractivity contribution in [2.24, 2.45) is 0 Å². The van der Waals surface area contributed by atoms with Crippen molar-refractivity contribution in [2.45, 2.75) is 16.3 Å². The van der Waals surface area contributed by atoms with Gasteiger partial charge in [0.05, 0.1) is 6.61 Å².